The molecule has 1 aromatic heterocycles. The first-order valence-corrected chi connectivity index (χ1v) is 11.1. The Morgan fingerprint density at radius 2 is 1.77 bits per heavy atom. The summed E-state index contributed by atoms with van der Waals surface area (Å²) in [4.78, 5) is 7.21. The Hall–Kier alpha value is -1.95. The van der Waals surface area contributed by atoms with Crippen LogP contribution in [0.25, 0.3) is 5.57 Å². The first kappa shape index (κ1) is 20.0. The number of aromatic nitrogens is 1. The van der Waals surface area contributed by atoms with Crippen LogP contribution in [0, 0.1) is 0 Å². The minimum Gasteiger partial charge on any atom is -0.399 e. The van der Waals surface area contributed by atoms with Crippen molar-refractivity contribution in [2.45, 2.75) is 76.8 Å². The third kappa shape index (κ3) is 3.53. The lowest BCUT2D eigenvalue weighted by atomic mass is 9.79. The molecule has 0 N–H and O–H groups in total. The molecule has 0 saturated carbocycles. The minimum atomic E-state index is -0.363. The van der Waals surface area contributed by atoms with Crippen LogP contribution in [0.3, 0.4) is 0 Å². The predicted octanol–water partition coefficient (Wildman–Crippen LogP) is 4.20. The fourth-order valence-electron chi connectivity index (χ4n) is 4.91. The second kappa shape index (κ2) is 7.33. The van der Waals surface area contributed by atoms with Crippen molar-refractivity contribution < 1.29 is 9.31 Å². The van der Waals surface area contributed by atoms with Gasteiger partial charge in [-0.15, -0.1) is 0 Å². The van der Waals surface area contributed by atoms with Gasteiger partial charge in [-0.1, -0.05) is 42.5 Å². The molecule has 2 unspecified atom stereocenters. The molecule has 4 heterocycles. The first-order chi connectivity index (χ1) is 14.3. The van der Waals surface area contributed by atoms with E-state index in [1.807, 2.05) is 12.4 Å². The highest BCUT2D eigenvalue weighted by molar-refractivity contribution is 6.62. The third-order valence-corrected chi connectivity index (χ3v) is 7.40. The molecule has 2 fully saturated rings. The molecule has 1 aromatic carbocycles. The standard InChI is InChI=1S/C25H31BN2O2/c1-24(2)25(3,4)30-26(29-24)21-12-20(15-27-16-21)19-13-22-10-11-23(14-19)28(22)17-18-8-6-5-7-9-18/h5-9,12-13,15-16,22-23H,10-11,14,17H2,1-4H3. The zero-order chi connectivity index (χ0) is 20.9. The summed E-state index contributed by atoms with van der Waals surface area (Å²) < 4.78 is 12.5. The van der Waals surface area contributed by atoms with Gasteiger partial charge in [-0.2, -0.15) is 0 Å². The first-order valence-electron chi connectivity index (χ1n) is 11.1. The molecule has 2 aromatic rings. The van der Waals surface area contributed by atoms with Gasteiger partial charge in [0, 0.05) is 36.5 Å². The molecule has 4 nitrogen and oxygen atoms in total. The van der Waals surface area contributed by atoms with Crippen molar-refractivity contribution in [3.05, 3.63) is 66.0 Å². The van der Waals surface area contributed by atoms with E-state index in [4.69, 9.17) is 9.31 Å². The average Bonchev–Trinajstić information content (AvgIpc) is 3.08. The Morgan fingerprint density at radius 3 is 2.47 bits per heavy atom. The van der Waals surface area contributed by atoms with E-state index >= 15 is 0 Å². The smallest absolute Gasteiger partial charge is 0.399 e. The van der Waals surface area contributed by atoms with Crippen LogP contribution in [0.5, 0.6) is 0 Å². The molecular formula is C25H31BN2O2. The summed E-state index contributed by atoms with van der Waals surface area (Å²) in [7, 11) is -0.363. The number of fused-ring (bicyclic) bond motifs is 2. The highest BCUT2D eigenvalue weighted by atomic mass is 16.7. The molecule has 0 spiro atoms. The normalized spacial score (nSPS) is 27.3. The Balaban J connectivity index is 1.36. The lowest BCUT2D eigenvalue weighted by Crippen LogP contribution is -2.41. The molecule has 5 heteroatoms. The van der Waals surface area contributed by atoms with Gasteiger partial charge in [0.1, 0.15) is 0 Å². The molecule has 0 amide bonds. The molecule has 3 aliphatic heterocycles. The Morgan fingerprint density at radius 1 is 1.03 bits per heavy atom. The van der Waals surface area contributed by atoms with Gasteiger partial charge in [0.25, 0.3) is 0 Å². The lowest BCUT2D eigenvalue weighted by Gasteiger charge is -2.34. The quantitative estimate of drug-likeness (QED) is 0.718. The number of pyridine rings is 1. The van der Waals surface area contributed by atoms with Gasteiger partial charge in [-0.05, 0) is 63.7 Å². The second-order valence-corrected chi connectivity index (χ2v) is 9.95. The molecule has 2 saturated heterocycles. The van der Waals surface area contributed by atoms with Crippen molar-refractivity contribution in [3.63, 3.8) is 0 Å². The molecule has 0 aliphatic carbocycles. The van der Waals surface area contributed by atoms with E-state index in [1.54, 1.807) is 0 Å². The van der Waals surface area contributed by atoms with Crippen LogP contribution in [-0.2, 0) is 15.9 Å². The lowest BCUT2D eigenvalue weighted by molar-refractivity contribution is 0.00578. The van der Waals surface area contributed by atoms with E-state index in [2.05, 4.69) is 80.1 Å². The van der Waals surface area contributed by atoms with Gasteiger partial charge < -0.3 is 9.31 Å². The monoisotopic (exact) mass is 402 g/mol. The van der Waals surface area contributed by atoms with E-state index in [1.165, 1.54) is 29.5 Å². The Labute approximate surface area is 180 Å². The number of hydrogen-bond donors (Lipinski definition) is 0. The fraction of sp³-hybridized carbons (Fsp3) is 0.480. The van der Waals surface area contributed by atoms with Gasteiger partial charge in [0.15, 0.2) is 0 Å². The summed E-state index contributed by atoms with van der Waals surface area (Å²) in [5, 5.41) is 0. The van der Waals surface area contributed by atoms with Crippen molar-refractivity contribution in [3.8, 4) is 0 Å². The molecule has 3 aliphatic rings. The Kier molecular flexibility index (Phi) is 4.88. The minimum absolute atomic E-state index is 0.338. The largest absolute Gasteiger partial charge is 0.496 e. The highest BCUT2D eigenvalue weighted by Gasteiger charge is 2.52. The molecule has 30 heavy (non-hydrogen) atoms. The molecule has 156 valence electrons. The SMILES string of the molecule is CC1(C)OB(c2cncc(C3=CC4CCC(C3)N4Cc3ccccc3)c2)OC1(C)C. The number of benzene rings is 1. The summed E-state index contributed by atoms with van der Waals surface area (Å²) >= 11 is 0. The molecule has 2 atom stereocenters. The Bertz CT molecular complexity index is 941. The zero-order valence-corrected chi connectivity index (χ0v) is 18.5. The maximum Gasteiger partial charge on any atom is 0.496 e. The van der Waals surface area contributed by atoms with Crippen LogP contribution in [0.1, 0.15) is 58.1 Å². The number of hydrogen-bond acceptors (Lipinski definition) is 4. The molecule has 2 bridgehead atoms. The molecular weight excluding hydrogens is 371 g/mol. The van der Waals surface area contributed by atoms with Crippen LogP contribution in [0.2, 0.25) is 0 Å². The van der Waals surface area contributed by atoms with E-state index in [0.29, 0.717) is 12.1 Å². The van der Waals surface area contributed by atoms with Crippen molar-refractivity contribution in [2.75, 3.05) is 0 Å². The van der Waals surface area contributed by atoms with Crippen LogP contribution in [0.4, 0.5) is 0 Å². The van der Waals surface area contributed by atoms with Gasteiger partial charge in [0.2, 0.25) is 0 Å². The van der Waals surface area contributed by atoms with E-state index in [9.17, 15) is 0 Å². The van der Waals surface area contributed by atoms with Gasteiger partial charge >= 0.3 is 7.12 Å². The molecule has 0 radical (unpaired) electrons. The van der Waals surface area contributed by atoms with Crippen molar-refractivity contribution >= 4 is 18.2 Å². The number of rotatable bonds is 4. The van der Waals surface area contributed by atoms with Gasteiger partial charge in [0.05, 0.1) is 11.2 Å². The summed E-state index contributed by atoms with van der Waals surface area (Å²) in [5.74, 6) is 0. The highest BCUT2D eigenvalue weighted by Crippen LogP contribution is 2.40. The summed E-state index contributed by atoms with van der Waals surface area (Å²) in [5.41, 5.74) is 4.35. The summed E-state index contributed by atoms with van der Waals surface area (Å²) in [6.07, 6.45) is 9.93. The van der Waals surface area contributed by atoms with Crippen LogP contribution in [0.15, 0.2) is 54.9 Å². The second-order valence-electron chi connectivity index (χ2n) is 9.95. The van der Waals surface area contributed by atoms with Crippen LogP contribution >= 0.6 is 0 Å². The van der Waals surface area contributed by atoms with Gasteiger partial charge in [-0.3, -0.25) is 9.88 Å². The maximum absolute atomic E-state index is 6.24. The summed E-state index contributed by atoms with van der Waals surface area (Å²) in [6.45, 7) is 9.39. The zero-order valence-electron chi connectivity index (χ0n) is 18.5. The topological polar surface area (TPSA) is 34.6 Å². The maximum atomic E-state index is 6.24. The van der Waals surface area contributed by atoms with E-state index < -0.39 is 0 Å². The van der Waals surface area contributed by atoms with E-state index in [0.717, 1.165) is 18.4 Å². The molecule has 5 rings (SSSR count). The van der Waals surface area contributed by atoms with Gasteiger partial charge in [-0.25, -0.2) is 0 Å². The predicted molar refractivity (Wildman–Crippen MR) is 121 cm³/mol. The van der Waals surface area contributed by atoms with Crippen LogP contribution in [-0.4, -0.2) is 40.3 Å². The van der Waals surface area contributed by atoms with E-state index in [-0.39, 0.29) is 18.3 Å². The summed E-state index contributed by atoms with van der Waals surface area (Å²) in [6, 6.07) is 14.2. The number of nitrogens with zero attached hydrogens (tertiary/aromatic N) is 2. The van der Waals surface area contributed by atoms with Crippen LogP contribution < -0.4 is 5.46 Å². The van der Waals surface area contributed by atoms with Crippen molar-refractivity contribution in [1.82, 2.24) is 9.88 Å². The average molecular weight is 402 g/mol. The van der Waals surface area contributed by atoms with Crippen molar-refractivity contribution in [2.24, 2.45) is 0 Å². The van der Waals surface area contributed by atoms with Crippen molar-refractivity contribution in [1.29, 1.82) is 0 Å². The fourth-order valence-corrected chi connectivity index (χ4v) is 4.91. The third-order valence-electron chi connectivity index (χ3n) is 7.40.